The number of carbonyl (C=O) groups is 1. The molecule has 0 atom stereocenters. The molecule has 1 heterocycles. The first-order valence-electron chi connectivity index (χ1n) is 6.31. The Hall–Kier alpha value is -2.67. The van der Waals surface area contributed by atoms with Gasteiger partial charge in [0.2, 0.25) is 0 Å². The molecule has 1 amide bonds. The van der Waals surface area contributed by atoms with E-state index in [1.807, 2.05) is 0 Å². The van der Waals surface area contributed by atoms with Crippen LogP contribution in [0.3, 0.4) is 0 Å². The molecule has 0 unspecified atom stereocenters. The molecule has 0 aliphatic carbocycles. The van der Waals surface area contributed by atoms with Gasteiger partial charge < -0.3 is 15.5 Å². The molecule has 0 aliphatic heterocycles. The van der Waals surface area contributed by atoms with Crippen LogP contribution in [0.4, 0.5) is 15.9 Å². The molecule has 0 saturated carbocycles. The molecule has 0 aliphatic rings. The summed E-state index contributed by atoms with van der Waals surface area (Å²) in [7, 11) is 0. The lowest BCUT2D eigenvalue weighted by Gasteiger charge is -2.08. The highest BCUT2D eigenvalue weighted by Gasteiger charge is 2.10. The highest BCUT2D eigenvalue weighted by Crippen LogP contribution is 2.21. The number of rotatable bonds is 5. The number of benzene rings is 1. The van der Waals surface area contributed by atoms with Gasteiger partial charge in [-0.3, -0.25) is 4.79 Å². The van der Waals surface area contributed by atoms with E-state index < -0.39 is 11.7 Å². The molecule has 21 heavy (non-hydrogen) atoms. The lowest BCUT2D eigenvalue weighted by Crippen LogP contribution is -2.16. The largest absolute Gasteiger partial charge is 0.491 e. The van der Waals surface area contributed by atoms with E-state index in [0.717, 1.165) is 0 Å². The minimum absolute atomic E-state index is 0.142. The number of halogens is 1. The minimum atomic E-state index is -0.542. The predicted molar refractivity (Wildman–Crippen MR) is 77.6 cm³/mol. The molecule has 0 spiro atoms. The second-order valence-corrected chi connectivity index (χ2v) is 4.08. The molecule has 2 rings (SSSR count). The van der Waals surface area contributed by atoms with E-state index >= 15 is 0 Å². The Morgan fingerprint density at radius 1 is 1.38 bits per heavy atom. The summed E-state index contributed by atoms with van der Waals surface area (Å²) >= 11 is 0. The van der Waals surface area contributed by atoms with Crippen molar-refractivity contribution in [2.45, 2.75) is 6.92 Å². The number of nitrogen functional groups attached to an aromatic ring is 1. The molecule has 6 nitrogen and oxygen atoms in total. The van der Waals surface area contributed by atoms with E-state index in [2.05, 4.69) is 15.7 Å². The molecule has 2 aromatic rings. The summed E-state index contributed by atoms with van der Waals surface area (Å²) < 4.78 is 18.8. The Labute approximate surface area is 121 Å². The highest BCUT2D eigenvalue weighted by molar-refractivity contribution is 6.03. The maximum absolute atomic E-state index is 13.7. The lowest BCUT2D eigenvalue weighted by atomic mass is 10.2. The van der Waals surface area contributed by atoms with Crippen LogP contribution in [0.15, 0.2) is 36.4 Å². The van der Waals surface area contributed by atoms with Crippen molar-refractivity contribution in [2.24, 2.45) is 5.84 Å². The number of carbonyl (C=O) groups excluding carboxylic acids is 1. The number of amides is 1. The fourth-order valence-corrected chi connectivity index (χ4v) is 1.69. The third kappa shape index (κ3) is 3.67. The van der Waals surface area contributed by atoms with Crippen molar-refractivity contribution >= 4 is 17.4 Å². The van der Waals surface area contributed by atoms with Crippen molar-refractivity contribution in [3.63, 3.8) is 0 Å². The highest BCUT2D eigenvalue weighted by atomic mass is 19.1. The van der Waals surface area contributed by atoms with Crippen LogP contribution in [0, 0.1) is 5.82 Å². The SMILES string of the molecule is CCOc1ccc(NC(=O)c2cccc(NN)n2)cc1F. The van der Waals surface area contributed by atoms with E-state index in [9.17, 15) is 9.18 Å². The predicted octanol–water partition coefficient (Wildman–Crippen LogP) is 2.16. The number of pyridine rings is 1. The van der Waals surface area contributed by atoms with Crippen LogP contribution in [0.1, 0.15) is 17.4 Å². The van der Waals surface area contributed by atoms with Gasteiger partial charge in [-0.1, -0.05) is 6.07 Å². The van der Waals surface area contributed by atoms with Crippen LogP contribution >= 0.6 is 0 Å². The second kappa shape index (κ2) is 6.67. The molecule has 7 heteroatoms. The van der Waals surface area contributed by atoms with Gasteiger partial charge in [-0.25, -0.2) is 15.2 Å². The monoisotopic (exact) mass is 290 g/mol. The number of anilines is 2. The number of aromatic nitrogens is 1. The van der Waals surface area contributed by atoms with Crippen LogP contribution in [0.5, 0.6) is 5.75 Å². The van der Waals surface area contributed by atoms with Gasteiger partial charge in [-0.15, -0.1) is 0 Å². The van der Waals surface area contributed by atoms with Crippen molar-refractivity contribution in [1.29, 1.82) is 0 Å². The van der Waals surface area contributed by atoms with Gasteiger partial charge >= 0.3 is 0 Å². The molecule has 110 valence electrons. The second-order valence-electron chi connectivity index (χ2n) is 4.08. The zero-order valence-electron chi connectivity index (χ0n) is 11.4. The number of hydrogen-bond acceptors (Lipinski definition) is 5. The van der Waals surface area contributed by atoms with Crippen LogP contribution in [-0.4, -0.2) is 17.5 Å². The summed E-state index contributed by atoms with van der Waals surface area (Å²) in [5.74, 6) is 4.73. The topological polar surface area (TPSA) is 89.3 Å². The lowest BCUT2D eigenvalue weighted by molar-refractivity contribution is 0.102. The van der Waals surface area contributed by atoms with E-state index in [1.165, 1.54) is 18.2 Å². The van der Waals surface area contributed by atoms with Crippen molar-refractivity contribution in [2.75, 3.05) is 17.3 Å². The third-order valence-electron chi connectivity index (χ3n) is 2.62. The average Bonchev–Trinajstić information content (AvgIpc) is 2.50. The van der Waals surface area contributed by atoms with E-state index in [-0.39, 0.29) is 11.4 Å². The van der Waals surface area contributed by atoms with Gasteiger partial charge in [0, 0.05) is 11.8 Å². The molecular formula is C14H15FN4O2. The van der Waals surface area contributed by atoms with Crippen LogP contribution < -0.4 is 21.3 Å². The Bertz CT molecular complexity index is 649. The summed E-state index contributed by atoms with van der Waals surface area (Å²) in [6.45, 7) is 2.13. The first kappa shape index (κ1) is 14.7. The summed E-state index contributed by atoms with van der Waals surface area (Å²) in [5.41, 5.74) is 2.83. The van der Waals surface area contributed by atoms with Gasteiger partial charge in [0.05, 0.1) is 6.61 Å². The van der Waals surface area contributed by atoms with Gasteiger partial charge in [0.1, 0.15) is 11.5 Å². The quantitative estimate of drug-likeness (QED) is 0.580. The van der Waals surface area contributed by atoms with Crippen LogP contribution in [-0.2, 0) is 0 Å². The Morgan fingerprint density at radius 2 is 2.19 bits per heavy atom. The zero-order valence-corrected chi connectivity index (χ0v) is 11.4. The molecule has 0 radical (unpaired) electrons. The molecule has 0 fully saturated rings. The van der Waals surface area contributed by atoms with Crippen molar-refractivity contribution in [3.8, 4) is 5.75 Å². The standard InChI is InChI=1S/C14H15FN4O2/c1-2-21-12-7-6-9(8-10(12)15)17-14(20)11-4-3-5-13(18-11)19-16/h3-8H,2,16H2,1H3,(H,17,20)(H,18,19). The summed E-state index contributed by atoms with van der Waals surface area (Å²) in [6.07, 6.45) is 0. The molecule has 0 saturated heterocycles. The van der Waals surface area contributed by atoms with Gasteiger partial charge in [0.15, 0.2) is 11.6 Å². The van der Waals surface area contributed by atoms with E-state index in [1.54, 1.807) is 25.1 Å². The number of hydrogen-bond donors (Lipinski definition) is 3. The van der Waals surface area contributed by atoms with E-state index in [4.69, 9.17) is 10.6 Å². The normalized spacial score (nSPS) is 10.0. The Balaban J connectivity index is 2.13. The van der Waals surface area contributed by atoms with Crippen molar-refractivity contribution < 1.29 is 13.9 Å². The van der Waals surface area contributed by atoms with Crippen molar-refractivity contribution in [1.82, 2.24) is 4.98 Å². The fraction of sp³-hybridized carbons (Fsp3) is 0.143. The Kier molecular flexibility index (Phi) is 4.68. The van der Waals surface area contributed by atoms with Gasteiger partial charge in [0.25, 0.3) is 5.91 Å². The van der Waals surface area contributed by atoms with Gasteiger partial charge in [-0.05, 0) is 31.2 Å². The van der Waals surface area contributed by atoms with E-state index in [0.29, 0.717) is 18.1 Å². The van der Waals surface area contributed by atoms with Crippen LogP contribution in [0.25, 0.3) is 0 Å². The molecular weight excluding hydrogens is 275 g/mol. The van der Waals surface area contributed by atoms with Crippen LogP contribution in [0.2, 0.25) is 0 Å². The number of nitrogens with two attached hydrogens (primary N) is 1. The third-order valence-corrected chi connectivity index (χ3v) is 2.62. The average molecular weight is 290 g/mol. The molecule has 1 aromatic carbocycles. The first-order valence-corrected chi connectivity index (χ1v) is 6.31. The smallest absolute Gasteiger partial charge is 0.274 e. The molecule has 0 bridgehead atoms. The summed E-state index contributed by atoms with van der Waals surface area (Å²) in [4.78, 5) is 16.0. The zero-order chi connectivity index (χ0) is 15.2. The number of hydrazine groups is 1. The molecule has 1 aromatic heterocycles. The summed E-state index contributed by atoms with van der Waals surface area (Å²) in [6, 6.07) is 8.98. The fourth-order valence-electron chi connectivity index (χ4n) is 1.69. The maximum atomic E-state index is 13.7. The first-order chi connectivity index (χ1) is 10.1. The van der Waals surface area contributed by atoms with Gasteiger partial charge in [-0.2, -0.15) is 0 Å². The van der Waals surface area contributed by atoms with Crippen molar-refractivity contribution in [3.05, 3.63) is 47.9 Å². The summed E-state index contributed by atoms with van der Waals surface area (Å²) in [5, 5.41) is 2.55. The Morgan fingerprint density at radius 3 is 2.86 bits per heavy atom. The minimum Gasteiger partial charge on any atom is -0.491 e. The maximum Gasteiger partial charge on any atom is 0.274 e. The number of nitrogens with zero attached hydrogens (tertiary/aromatic N) is 1. The number of nitrogens with one attached hydrogen (secondary N) is 2. The number of ether oxygens (including phenoxy) is 1. The molecule has 4 N–H and O–H groups in total.